The van der Waals surface area contributed by atoms with Crippen molar-refractivity contribution in [1.82, 2.24) is 0 Å². The number of anilines is 1. The van der Waals surface area contributed by atoms with Gasteiger partial charge in [-0.25, -0.2) is 4.79 Å². The highest BCUT2D eigenvalue weighted by molar-refractivity contribution is 7.99. The molecule has 21 heavy (non-hydrogen) atoms. The molecule has 3 rings (SSSR count). The second-order valence-electron chi connectivity index (χ2n) is 5.18. The lowest BCUT2D eigenvalue weighted by Gasteiger charge is -2.13. The van der Waals surface area contributed by atoms with Crippen LogP contribution in [0.2, 0.25) is 0 Å². The Morgan fingerprint density at radius 1 is 1.29 bits per heavy atom. The van der Waals surface area contributed by atoms with Crippen LogP contribution < -0.4 is 5.73 Å². The molecule has 0 aliphatic carbocycles. The lowest BCUT2D eigenvalue weighted by Crippen LogP contribution is -2.15. The average Bonchev–Trinajstić information content (AvgIpc) is 2.88. The predicted octanol–water partition coefficient (Wildman–Crippen LogP) is 3.62. The number of benzene rings is 2. The van der Waals surface area contributed by atoms with Gasteiger partial charge in [0.25, 0.3) is 0 Å². The lowest BCUT2D eigenvalue weighted by molar-refractivity contribution is 0.0487. The summed E-state index contributed by atoms with van der Waals surface area (Å²) >= 11 is 1.81. The van der Waals surface area contributed by atoms with Crippen molar-refractivity contribution in [3.8, 4) is 0 Å². The van der Waals surface area contributed by atoms with Crippen molar-refractivity contribution < 1.29 is 9.53 Å². The van der Waals surface area contributed by atoms with E-state index < -0.39 is 0 Å². The van der Waals surface area contributed by atoms with E-state index in [4.69, 9.17) is 10.5 Å². The summed E-state index contributed by atoms with van der Waals surface area (Å²) in [7, 11) is 0. The Labute approximate surface area is 128 Å². The van der Waals surface area contributed by atoms with Crippen LogP contribution in [0.15, 0.2) is 47.4 Å². The summed E-state index contributed by atoms with van der Waals surface area (Å²) in [6.45, 7) is 2.27. The molecule has 0 bridgehead atoms. The maximum atomic E-state index is 12.2. The van der Waals surface area contributed by atoms with Crippen molar-refractivity contribution in [1.29, 1.82) is 0 Å². The number of rotatable bonds is 3. The molecule has 0 amide bonds. The van der Waals surface area contributed by atoms with Gasteiger partial charge in [-0.15, -0.1) is 11.8 Å². The van der Waals surface area contributed by atoms with E-state index in [1.54, 1.807) is 6.07 Å². The molecule has 2 N–H and O–H groups in total. The molecule has 0 spiro atoms. The Kier molecular flexibility index (Phi) is 3.88. The zero-order chi connectivity index (χ0) is 14.8. The number of hydrogen-bond acceptors (Lipinski definition) is 4. The quantitative estimate of drug-likeness (QED) is 0.694. The maximum Gasteiger partial charge on any atom is 0.340 e. The van der Waals surface area contributed by atoms with Gasteiger partial charge in [0.2, 0.25) is 0 Å². The number of hydrogen-bond donors (Lipinski definition) is 1. The molecule has 4 heteroatoms. The monoisotopic (exact) mass is 299 g/mol. The van der Waals surface area contributed by atoms with Crippen LogP contribution in [0.25, 0.3) is 0 Å². The molecule has 1 heterocycles. The molecule has 1 unspecified atom stereocenters. The van der Waals surface area contributed by atoms with Gasteiger partial charge in [-0.3, -0.25) is 0 Å². The van der Waals surface area contributed by atoms with E-state index >= 15 is 0 Å². The standard InChI is InChI=1S/C17H17NO2S/c1-11-5-4-7-14(18)16(11)17(19)20-9-12-10-21-15-8-3-2-6-13(12)15/h2-8,12H,9-10,18H2,1H3. The van der Waals surface area contributed by atoms with E-state index in [1.165, 1.54) is 10.5 Å². The molecule has 0 radical (unpaired) electrons. The van der Waals surface area contributed by atoms with Gasteiger partial charge in [-0.1, -0.05) is 30.3 Å². The first-order valence-electron chi connectivity index (χ1n) is 6.90. The predicted molar refractivity (Wildman–Crippen MR) is 85.8 cm³/mol. The molecular formula is C17H17NO2S. The fraction of sp³-hybridized carbons (Fsp3) is 0.235. The molecule has 3 nitrogen and oxygen atoms in total. The smallest absolute Gasteiger partial charge is 0.340 e. The first-order chi connectivity index (χ1) is 10.2. The van der Waals surface area contributed by atoms with Gasteiger partial charge < -0.3 is 10.5 Å². The molecule has 108 valence electrons. The molecule has 0 aromatic heterocycles. The van der Waals surface area contributed by atoms with Gasteiger partial charge in [0.15, 0.2) is 0 Å². The van der Waals surface area contributed by atoms with Gasteiger partial charge in [-0.05, 0) is 30.2 Å². The second-order valence-corrected chi connectivity index (χ2v) is 6.25. The van der Waals surface area contributed by atoms with E-state index in [0.29, 0.717) is 17.9 Å². The average molecular weight is 299 g/mol. The SMILES string of the molecule is Cc1cccc(N)c1C(=O)OCC1CSc2ccccc21. The second kappa shape index (κ2) is 5.82. The Hall–Kier alpha value is -1.94. The van der Waals surface area contributed by atoms with Gasteiger partial charge >= 0.3 is 5.97 Å². The van der Waals surface area contributed by atoms with Crippen molar-refractivity contribution in [2.24, 2.45) is 0 Å². The fourth-order valence-electron chi connectivity index (χ4n) is 2.59. The third-order valence-electron chi connectivity index (χ3n) is 3.72. The number of esters is 1. The highest BCUT2D eigenvalue weighted by Gasteiger charge is 2.24. The maximum absolute atomic E-state index is 12.2. The highest BCUT2D eigenvalue weighted by atomic mass is 32.2. The van der Waals surface area contributed by atoms with Gasteiger partial charge in [-0.2, -0.15) is 0 Å². The van der Waals surface area contributed by atoms with Crippen molar-refractivity contribution in [3.63, 3.8) is 0 Å². The lowest BCUT2D eigenvalue weighted by atomic mass is 10.0. The molecule has 2 aromatic carbocycles. The molecule has 0 saturated heterocycles. The van der Waals surface area contributed by atoms with Crippen LogP contribution in [0.4, 0.5) is 5.69 Å². The van der Waals surface area contributed by atoms with Crippen LogP contribution in [-0.2, 0) is 4.74 Å². The van der Waals surface area contributed by atoms with E-state index in [1.807, 2.05) is 43.0 Å². The van der Waals surface area contributed by atoms with Crippen LogP contribution in [0, 0.1) is 6.92 Å². The summed E-state index contributed by atoms with van der Waals surface area (Å²) in [5.41, 5.74) is 8.95. The number of nitrogens with two attached hydrogens (primary N) is 1. The number of fused-ring (bicyclic) bond motifs is 1. The van der Waals surface area contributed by atoms with Gasteiger partial charge in [0.1, 0.15) is 0 Å². The normalized spacial score (nSPS) is 16.5. The zero-order valence-corrected chi connectivity index (χ0v) is 12.7. The summed E-state index contributed by atoms with van der Waals surface area (Å²) in [6, 6.07) is 13.7. The number of aryl methyl sites for hydroxylation is 1. The Morgan fingerprint density at radius 2 is 2.10 bits per heavy atom. The molecule has 1 aliphatic rings. The van der Waals surface area contributed by atoms with Crippen LogP contribution >= 0.6 is 11.8 Å². The van der Waals surface area contributed by atoms with Crippen LogP contribution in [0.1, 0.15) is 27.4 Å². The summed E-state index contributed by atoms with van der Waals surface area (Å²) in [6.07, 6.45) is 0. The molecule has 1 atom stereocenters. The van der Waals surface area contributed by atoms with Crippen LogP contribution in [0.3, 0.4) is 0 Å². The Balaban J connectivity index is 1.70. The molecule has 0 saturated carbocycles. The Morgan fingerprint density at radius 3 is 2.90 bits per heavy atom. The number of ether oxygens (including phenoxy) is 1. The summed E-state index contributed by atoms with van der Waals surface area (Å²) in [5, 5.41) is 0. The highest BCUT2D eigenvalue weighted by Crippen LogP contribution is 2.39. The topological polar surface area (TPSA) is 52.3 Å². The molecule has 0 fully saturated rings. The summed E-state index contributed by atoms with van der Waals surface area (Å²) in [5.74, 6) is 0.885. The van der Waals surface area contributed by atoms with E-state index in [9.17, 15) is 4.79 Å². The minimum absolute atomic E-state index is 0.264. The van der Waals surface area contributed by atoms with Crippen molar-refractivity contribution in [2.75, 3.05) is 18.1 Å². The van der Waals surface area contributed by atoms with Crippen molar-refractivity contribution in [3.05, 3.63) is 59.2 Å². The molecular weight excluding hydrogens is 282 g/mol. The minimum Gasteiger partial charge on any atom is -0.461 e. The molecule has 1 aliphatic heterocycles. The molecule has 2 aromatic rings. The number of nitrogen functional groups attached to an aromatic ring is 1. The van der Waals surface area contributed by atoms with Crippen LogP contribution in [0.5, 0.6) is 0 Å². The largest absolute Gasteiger partial charge is 0.461 e. The van der Waals surface area contributed by atoms with Crippen LogP contribution in [-0.4, -0.2) is 18.3 Å². The van der Waals surface area contributed by atoms with Crippen molar-refractivity contribution >= 4 is 23.4 Å². The van der Waals surface area contributed by atoms with E-state index in [0.717, 1.165) is 11.3 Å². The van der Waals surface area contributed by atoms with E-state index in [2.05, 4.69) is 12.1 Å². The number of carbonyl (C=O) groups is 1. The number of thioether (sulfide) groups is 1. The third-order valence-corrected chi connectivity index (χ3v) is 4.98. The zero-order valence-electron chi connectivity index (χ0n) is 11.8. The van der Waals surface area contributed by atoms with Gasteiger partial charge in [0, 0.05) is 22.3 Å². The summed E-state index contributed by atoms with van der Waals surface area (Å²) < 4.78 is 5.50. The fourth-order valence-corrected chi connectivity index (χ4v) is 3.82. The van der Waals surface area contributed by atoms with Crippen molar-refractivity contribution in [2.45, 2.75) is 17.7 Å². The minimum atomic E-state index is -0.333. The Bertz CT molecular complexity index is 664. The van der Waals surface area contributed by atoms with Gasteiger partial charge in [0.05, 0.1) is 12.2 Å². The van der Waals surface area contributed by atoms with E-state index in [-0.39, 0.29) is 11.9 Å². The third kappa shape index (κ3) is 2.76. The first kappa shape index (κ1) is 14.0. The number of carbonyl (C=O) groups excluding carboxylic acids is 1. The first-order valence-corrected chi connectivity index (χ1v) is 7.89. The summed E-state index contributed by atoms with van der Waals surface area (Å²) in [4.78, 5) is 13.5.